The third-order valence-corrected chi connectivity index (χ3v) is 10.9. The molecule has 1 amide bonds. The van der Waals surface area contributed by atoms with Gasteiger partial charge < -0.3 is 23.7 Å². The Morgan fingerprint density at radius 1 is 0.750 bits per heavy atom. The number of methoxy groups -OCH3 is 3. The highest BCUT2D eigenvalue weighted by Gasteiger charge is 2.21. The first kappa shape index (κ1) is 36.6. The summed E-state index contributed by atoms with van der Waals surface area (Å²) in [7, 11) is 0.551. The van der Waals surface area contributed by atoms with Gasteiger partial charge in [-0.25, -0.2) is 13.1 Å². The van der Waals surface area contributed by atoms with E-state index in [2.05, 4.69) is 21.8 Å². The van der Waals surface area contributed by atoms with Crippen LogP contribution in [0, 0.1) is 0 Å². The van der Waals surface area contributed by atoms with E-state index in [0.717, 1.165) is 46.1 Å². The molecule has 0 saturated heterocycles. The largest absolute Gasteiger partial charge is 0.493 e. The van der Waals surface area contributed by atoms with Gasteiger partial charge in [-0.15, -0.1) is 11.8 Å². The topological polar surface area (TPSA) is 113 Å². The highest BCUT2D eigenvalue weighted by atomic mass is 32.2. The summed E-state index contributed by atoms with van der Waals surface area (Å²) in [6, 6.07) is 33.3. The fraction of sp³-hybridized carbons (Fsp3) is 0.225. The molecule has 6 rings (SSSR count). The van der Waals surface area contributed by atoms with Crippen LogP contribution in [0.15, 0.2) is 119 Å². The number of hydrogen-bond acceptors (Lipinski definition) is 10. The molecule has 0 aliphatic carbocycles. The van der Waals surface area contributed by atoms with Gasteiger partial charge in [0.2, 0.25) is 12.5 Å². The van der Waals surface area contributed by atoms with Crippen molar-refractivity contribution >= 4 is 27.7 Å². The SMILES string of the molecule is COc1ccc(Cc2ccc(C(=O)NS(=O)(=O)c3ccc(CN(CCSc4ccccc4)Cc4ccc5c(c4)OCO5)cc3)cc2)c(OC)c1OC. The Bertz CT molecular complexity index is 2090. The van der Waals surface area contributed by atoms with Crippen molar-refractivity contribution in [3.05, 3.63) is 137 Å². The van der Waals surface area contributed by atoms with Gasteiger partial charge in [0.1, 0.15) is 0 Å². The Morgan fingerprint density at radius 2 is 1.42 bits per heavy atom. The Kier molecular flexibility index (Phi) is 11.9. The van der Waals surface area contributed by atoms with Crippen LogP contribution >= 0.6 is 11.8 Å². The van der Waals surface area contributed by atoms with Crippen LogP contribution in [0.5, 0.6) is 28.7 Å². The lowest BCUT2D eigenvalue weighted by atomic mass is 10.0. The number of amides is 1. The van der Waals surface area contributed by atoms with Gasteiger partial charge in [-0.05, 0) is 71.3 Å². The predicted molar refractivity (Wildman–Crippen MR) is 200 cm³/mol. The van der Waals surface area contributed by atoms with Crippen LogP contribution in [-0.2, 0) is 29.5 Å². The molecule has 5 aromatic rings. The minimum Gasteiger partial charge on any atom is -0.493 e. The van der Waals surface area contributed by atoms with Crippen LogP contribution in [0.1, 0.15) is 32.6 Å². The Labute approximate surface area is 308 Å². The molecular weight excluding hydrogens is 701 g/mol. The van der Waals surface area contributed by atoms with Crippen molar-refractivity contribution in [3.63, 3.8) is 0 Å². The van der Waals surface area contributed by atoms with Crippen LogP contribution in [0.2, 0.25) is 0 Å². The first-order valence-electron chi connectivity index (χ1n) is 16.6. The minimum absolute atomic E-state index is 0.00345. The molecule has 0 unspecified atom stereocenters. The third kappa shape index (κ3) is 9.00. The first-order chi connectivity index (χ1) is 25.3. The predicted octanol–water partition coefficient (Wildman–Crippen LogP) is 6.95. The minimum atomic E-state index is -4.12. The summed E-state index contributed by atoms with van der Waals surface area (Å²) in [5, 5.41) is 0. The van der Waals surface area contributed by atoms with Gasteiger partial charge in [0.05, 0.1) is 26.2 Å². The summed E-state index contributed by atoms with van der Waals surface area (Å²) < 4.78 is 56.2. The van der Waals surface area contributed by atoms with Gasteiger partial charge in [-0.3, -0.25) is 9.69 Å². The van der Waals surface area contributed by atoms with Crippen LogP contribution in [0.4, 0.5) is 0 Å². The van der Waals surface area contributed by atoms with E-state index in [1.54, 1.807) is 75.6 Å². The summed E-state index contributed by atoms with van der Waals surface area (Å²) in [4.78, 5) is 16.6. The van der Waals surface area contributed by atoms with Gasteiger partial charge in [0, 0.05) is 47.8 Å². The second-order valence-corrected chi connectivity index (χ2v) is 14.9. The maximum absolute atomic E-state index is 13.2. The third-order valence-electron chi connectivity index (χ3n) is 8.53. The standard InChI is InChI=1S/C40H40N2O8S2/c1-46-36-20-16-32(38(47-2)39(36)48-3)23-28-9-14-31(15-10-28)40(43)41-52(44,45)34-17-11-29(12-18-34)25-42(21-22-51-33-7-5-4-6-8-33)26-30-13-19-35-37(24-30)50-27-49-35/h4-20,24H,21-23,25-27H2,1-3H3,(H,41,43). The molecule has 1 heterocycles. The average Bonchev–Trinajstić information content (AvgIpc) is 3.63. The van der Waals surface area contributed by atoms with Gasteiger partial charge in [0.15, 0.2) is 23.0 Å². The van der Waals surface area contributed by atoms with Crippen molar-refractivity contribution in [2.45, 2.75) is 29.3 Å². The van der Waals surface area contributed by atoms with Crippen molar-refractivity contribution in [1.29, 1.82) is 0 Å². The smallest absolute Gasteiger partial charge is 0.264 e. The molecule has 0 saturated carbocycles. The zero-order valence-corrected chi connectivity index (χ0v) is 30.8. The number of carbonyl (C=O) groups excluding carboxylic acids is 1. The van der Waals surface area contributed by atoms with Gasteiger partial charge in [-0.2, -0.15) is 0 Å². The summed E-state index contributed by atoms with van der Waals surface area (Å²) >= 11 is 1.78. The van der Waals surface area contributed by atoms with Gasteiger partial charge >= 0.3 is 0 Å². The lowest BCUT2D eigenvalue weighted by Gasteiger charge is -2.23. The Morgan fingerprint density at radius 3 is 2.13 bits per heavy atom. The van der Waals surface area contributed by atoms with Crippen molar-refractivity contribution in [2.75, 3.05) is 40.4 Å². The number of nitrogens with zero attached hydrogens (tertiary/aromatic N) is 1. The molecule has 10 nitrogen and oxygen atoms in total. The van der Waals surface area contributed by atoms with E-state index in [-0.39, 0.29) is 17.3 Å². The van der Waals surface area contributed by atoms with E-state index in [1.165, 1.54) is 17.0 Å². The molecule has 0 radical (unpaired) electrons. The summed E-state index contributed by atoms with van der Waals surface area (Å²) in [5.74, 6) is 3.23. The number of fused-ring (bicyclic) bond motifs is 1. The zero-order valence-electron chi connectivity index (χ0n) is 29.2. The van der Waals surface area contributed by atoms with E-state index in [0.29, 0.717) is 36.8 Å². The van der Waals surface area contributed by atoms with Crippen molar-refractivity contribution < 1.29 is 36.9 Å². The number of carbonyl (C=O) groups is 1. The highest BCUT2D eigenvalue weighted by Crippen LogP contribution is 2.40. The van der Waals surface area contributed by atoms with Crippen molar-refractivity contribution in [2.24, 2.45) is 0 Å². The number of ether oxygens (including phenoxy) is 5. The van der Waals surface area contributed by atoms with E-state index in [9.17, 15) is 13.2 Å². The molecule has 1 N–H and O–H groups in total. The highest BCUT2D eigenvalue weighted by molar-refractivity contribution is 7.99. The number of sulfonamides is 1. The molecule has 0 fully saturated rings. The van der Waals surface area contributed by atoms with Crippen LogP contribution in [0.25, 0.3) is 0 Å². The zero-order chi connectivity index (χ0) is 36.5. The quantitative estimate of drug-likeness (QED) is 0.107. The summed E-state index contributed by atoms with van der Waals surface area (Å²) in [6.45, 7) is 2.28. The normalized spacial score (nSPS) is 12.1. The fourth-order valence-corrected chi connectivity index (χ4v) is 7.80. The van der Waals surface area contributed by atoms with Crippen LogP contribution in [0.3, 0.4) is 0 Å². The molecule has 1 aliphatic rings. The lowest BCUT2D eigenvalue weighted by Crippen LogP contribution is -2.30. The molecule has 1 aliphatic heterocycles. The molecule has 0 bridgehead atoms. The number of benzene rings is 5. The number of hydrogen-bond donors (Lipinski definition) is 1. The molecule has 0 atom stereocenters. The molecule has 5 aromatic carbocycles. The Hall–Kier alpha value is -5.17. The number of nitrogens with one attached hydrogen (secondary N) is 1. The Balaban J connectivity index is 1.09. The average molecular weight is 741 g/mol. The van der Waals surface area contributed by atoms with Crippen LogP contribution in [-0.4, -0.2) is 59.6 Å². The summed E-state index contributed by atoms with van der Waals surface area (Å²) in [5.41, 5.74) is 4.01. The molecule has 12 heteroatoms. The molecule has 270 valence electrons. The monoisotopic (exact) mass is 740 g/mol. The molecular formula is C40H40N2O8S2. The van der Waals surface area contributed by atoms with Crippen molar-refractivity contribution in [1.82, 2.24) is 9.62 Å². The van der Waals surface area contributed by atoms with E-state index < -0.39 is 15.9 Å². The van der Waals surface area contributed by atoms with Crippen LogP contribution < -0.4 is 28.4 Å². The van der Waals surface area contributed by atoms with Gasteiger partial charge in [0.25, 0.3) is 15.9 Å². The number of rotatable bonds is 16. The van der Waals surface area contributed by atoms with Crippen molar-refractivity contribution in [3.8, 4) is 28.7 Å². The fourth-order valence-electron chi connectivity index (χ4n) is 5.89. The maximum atomic E-state index is 13.2. The summed E-state index contributed by atoms with van der Waals surface area (Å²) in [6.07, 6.45) is 0.496. The van der Waals surface area contributed by atoms with E-state index in [1.807, 2.05) is 42.5 Å². The van der Waals surface area contributed by atoms with E-state index in [4.69, 9.17) is 23.7 Å². The van der Waals surface area contributed by atoms with Gasteiger partial charge in [-0.1, -0.05) is 54.6 Å². The number of thioether (sulfide) groups is 1. The first-order valence-corrected chi connectivity index (χ1v) is 19.0. The lowest BCUT2D eigenvalue weighted by molar-refractivity contribution is 0.0981. The molecule has 52 heavy (non-hydrogen) atoms. The molecule has 0 aromatic heterocycles. The maximum Gasteiger partial charge on any atom is 0.264 e. The second-order valence-electron chi connectivity index (χ2n) is 12.0. The second kappa shape index (κ2) is 16.9. The van der Waals surface area contributed by atoms with E-state index >= 15 is 0 Å². The molecule has 0 spiro atoms.